The molecule has 0 saturated heterocycles. The van der Waals surface area contributed by atoms with Gasteiger partial charge in [-0.3, -0.25) is 4.57 Å². The van der Waals surface area contributed by atoms with Crippen LogP contribution in [0.5, 0.6) is 0 Å². The van der Waals surface area contributed by atoms with Gasteiger partial charge in [0.05, 0.1) is 5.69 Å². The zero-order chi connectivity index (χ0) is 21.8. The molecule has 31 heavy (non-hydrogen) atoms. The monoisotopic (exact) mass is 421 g/mol. The third-order valence-electron chi connectivity index (χ3n) is 4.32. The van der Waals surface area contributed by atoms with E-state index < -0.39 is 17.7 Å². The lowest BCUT2D eigenvalue weighted by Crippen LogP contribution is -2.20. The zero-order valence-electron chi connectivity index (χ0n) is 16.3. The molecule has 0 aliphatic heterocycles. The molecular formula is C21H17F2N7O. The lowest BCUT2D eigenvalue weighted by Gasteiger charge is -2.10. The van der Waals surface area contributed by atoms with Crippen molar-refractivity contribution in [2.75, 3.05) is 16.0 Å². The third-order valence-corrected chi connectivity index (χ3v) is 4.32. The van der Waals surface area contributed by atoms with Gasteiger partial charge in [0, 0.05) is 35.9 Å². The summed E-state index contributed by atoms with van der Waals surface area (Å²) in [4.78, 5) is 24.7. The highest BCUT2D eigenvalue weighted by Gasteiger charge is 2.09. The number of halogens is 2. The first-order chi connectivity index (χ1) is 15.0. The summed E-state index contributed by atoms with van der Waals surface area (Å²) in [7, 11) is 0. The van der Waals surface area contributed by atoms with Crippen LogP contribution in [-0.2, 0) is 0 Å². The molecule has 4 aromatic rings. The van der Waals surface area contributed by atoms with Crippen LogP contribution in [0.3, 0.4) is 0 Å². The average molecular weight is 421 g/mol. The fourth-order valence-corrected chi connectivity index (χ4v) is 2.83. The van der Waals surface area contributed by atoms with Crippen LogP contribution in [0.15, 0.2) is 67.3 Å². The molecule has 0 bridgehead atoms. The normalized spacial score (nSPS) is 10.5. The highest BCUT2D eigenvalue weighted by Crippen LogP contribution is 2.20. The van der Waals surface area contributed by atoms with Gasteiger partial charge in [0.1, 0.15) is 35.4 Å². The molecule has 0 spiro atoms. The Balaban J connectivity index is 1.39. The van der Waals surface area contributed by atoms with Gasteiger partial charge in [-0.1, -0.05) is 0 Å². The van der Waals surface area contributed by atoms with Crippen LogP contribution >= 0.6 is 0 Å². The summed E-state index contributed by atoms with van der Waals surface area (Å²) in [5.74, 6) is 0.491. The van der Waals surface area contributed by atoms with Crippen LogP contribution < -0.4 is 16.0 Å². The van der Waals surface area contributed by atoms with Gasteiger partial charge < -0.3 is 16.0 Å². The third kappa shape index (κ3) is 4.81. The van der Waals surface area contributed by atoms with Gasteiger partial charge in [-0.15, -0.1) is 0 Å². The average Bonchev–Trinajstić information content (AvgIpc) is 3.18. The molecule has 0 saturated carbocycles. The van der Waals surface area contributed by atoms with Gasteiger partial charge in [0.15, 0.2) is 0 Å². The number of hydrogen-bond donors (Lipinski definition) is 3. The Hall–Kier alpha value is -4.34. The summed E-state index contributed by atoms with van der Waals surface area (Å²) in [5.41, 5.74) is 1.11. The number of aryl methyl sites for hydroxylation is 1. The quantitative estimate of drug-likeness (QED) is 0.436. The number of rotatable bonds is 5. The topological polar surface area (TPSA) is 96.8 Å². The molecule has 156 valence electrons. The maximum atomic E-state index is 13.6. The van der Waals surface area contributed by atoms with E-state index in [-0.39, 0.29) is 5.69 Å². The Kier molecular flexibility index (Phi) is 5.52. The number of urea groups is 1. The number of imidazole rings is 1. The largest absolute Gasteiger partial charge is 0.340 e. The van der Waals surface area contributed by atoms with Crippen LogP contribution in [-0.4, -0.2) is 25.6 Å². The van der Waals surface area contributed by atoms with Gasteiger partial charge in [-0.2, -0.15) is 0 Å². The maximum absolute atomic E-state index is 13.6. The van der Waals surface area contributed by atoms with Crippen LogP contribution in [0.4, 0.5) is 36.5 Å². The molecule has 10 heteroatoms. The lowest BCUT2D eigenvalue weighted by molar-refractivity contribution is 0.262. The minimum atomic E-state index is -0.857. The summed E-state index contributed by atoms with van der Waals surface area (Å²) >= 11 is 0. The van der Waals surface area contributed by atoms with E-state index in [4.69, 9.17) is 0 Å². The van der Waals surface area contributed by atoms with E-state index in [0.29, 0.717) is 23.4 Å². The molecule has 0 radical (unpaired) electrons. The number of carbonyl (C=O) groups excluding carboxylic acids is 1. The number of nitrogens with zero attached hydrogens (tertiary/aromatic N) is 4. The SMILES string of the molecule is Cc1nccn1-c1cc(Nc2ccc(NC(=O)Nc3ccc(F)cc3F)cc2)ncn1. The van der Waals surface area contributed by atoms with Crippen molar-refractivity contribution < 1.29 is 13.6 Å². The van der Waals surface area contributed by atoms with E-state index in [1.54, 1.807) is 36.5 Å². The van der Waals surface area contributed by atoms with E-state index in [0.717, 1.165) is 23.6 Å². The summed E-state index contributed by atoms with van der Waals surface area (Å²) in [6.45, 7) is 1.88. The molecule has 0 aliphatic rings. The van der Waals surface area contributed by atoms with Gasteiger partial charge in [0.2, 0.25) is 0 Å². The van der Waals surface area contributed by atoms with E-state index in [1.165, 1.54) is 6.33 Å². The summed E-state index contributed by atoms with van der Waals surface area (Å²) < 4.78 is 28.4. The van der Waals surface area contributed by atoms with E-state index in [2.05, 4.69) is 30.9 Å². The molecule has 2 aromatic carbocycles. The molecule has 0 unspecified atom stereocenters. The molecule has 0 aliphatic carbocycles. The molecule has 2 amide bonds. The molecular weight excluding hydrogens is 404 g/mol. The van der Waals surface area contributed by atoms with Gasteiger partial charge in [0.25, 0.3) is 0 Å². The minimum Gasteiger partial charge on any atom is -0.340 e. The highest BCUT2D eigenvalue weighted by molar-refractivity contribution is 5.99. The molecule has 3 N–H and O–H groups in total. The predicted octanol–water partition coefficient (Wildman–Crippen LogP) is 4.64. The number of anilines is 4. The summed E-state index contributed by atoms with van der Waals surface area (Å²) in [6, 6.07) is 10.9. The Labute approximate surface area is 176 Å². The van der Waals surface area contributed by atoms with Crippen molar-refractivity contribution in [3.05, 3.63) is 84.7 Å². The number of benzene rings is 2. The first-order valence-corrected chi connectivity index (χ1v) is 9.20. The number of hydrogen-bond acceptors (Lipinski definition) is 5. The van der Waals surface area contributed by atoms with E-state index in [9.17, 15) is 13.6 Å². The fraction of sp³-hybridized carbons (Fsp3) is 0.0476. The van der Waals surface area contributed by atoms with Crippen molar-refractivity contribution >= 4 is 28.9 Å². The van der Waals surface area contributed by atoms with Crippen molar-refractivity contribution in [3.8, 4) is 5.82 Å². The van der Waals surface area contributed by atoms with Gasteiger partial charge in [-0.25, -0.2) is 28.5 Å². The number of aromatic nitrogens is 4. The molecule has 2 aromatic heterocycles. The van der Waals surface area contributed by atoms with E-state index in [1.807, 2.05) is 17.7 Å². The maximum Gasteiger partial charge on any atom is 0.323 e. The minimum absolute atomic E-state index is 0.120. The Bertz CT molecular complexity index is 1220. The highest BCUT2D eigenvalue weighted by atomic mass is 19.1. The first-order valence-electron chi connectivity index (χ1n) is 9.20. The standard InChI is InChI=1S/C21H17F2N7O/c1-13-24-8-9-30(13)20-11-19(25-12-26-20)27-15-3-5-16(6-4-15)28-21(31)29-18-7-2-14(22)10-17(18)23/h2-12H,1H3,(H,25,26,27)(H2,28,29,31). The Morgan fingerprint density at radius 3 is 2.42 bits per heavy atom. The summed E-state index contributed by atoms with van der Waals surface area (Å²) in [6.07, 6.45) is 4.95. The van der Waals surface area contributed by atoms with Crippen molar-refractivity contribution in [1.82, 2.24) is 19.5 Å². The second kappa shape index (κ2) is 8.57. The van der Waals surface area contributed by atoms with Crippen LogP contribution in [0.25, 0.3) is 5.82 Å². The number of amides is 2. The molecule has 0 atom stereocenters. The van der Waals surface area contributed by atoms with Crippen molar-refractivity contribution in [2.24, 2.45) is 0 Å². The van der Waals surface area contributed by atoms with Crippen LogP contribution in [0, 0.1) is 18.6 Å². The predicted molar refractivity (Wildman–Crippen MR) is 113 cm³/mol. The molecule has 0 fully saturated rings. The van der Waals surface area contributed by atoms with Crippen molar-refractivity contribution in [1.29, 1.82) is 0 Å². The van der Waals surface area contributed by atoms with Gasteiger partial charge >= 0.3 is 6.03 Å². The molecule has 2 heterocycles. The van der Waals surface area contributed by atoms with Crippen LogP contribution in [0.1, 0.15) is 5.82 Å². The molecule has 8 nitrogen and oxygen atoms in total. The first kappa shape index (κ1) is 20.0. The van der Waals surface area contributed by atoms with Gasteiger partial charge in [-0.05, 0) is 43.3 Å². The Morgan fingerprint density at radius 1 is 0.935 bits per heavy atom. The number of nitrogens with one attached hydrogen (secondary N) is 3. The second-order valence-electron chi connectivity index (χ2n) is 6.51. The van der Waals surface area contributed by atoms with Crippen molar-refractivity contribution in [2.45, 2.75) is 6.92 Å². The second-order valence-corrected chi connectivity index (χ2v) is 6.51. The van der Waals surface area contributed by atoms with E-state index >= 15 is 0 Å². The smallest absolute Gasteiger partial charge is 0.323 e. The molecule has 4 rings (SSSR count). The Morgan fingerprint density at radius 2 is 1.71 bits per heavy atom. The number of carbonyl (C=O) groups is 1. The fourth-order valence-electron chi connectivity index (χ4n) is 2.83. The summed E-state index contributed by atoms with van der Waals surface area (Å²) in [5, 5.41) is 8.08. The van der Waals surface area contributed by atoms with Crippen LogP contribution in [0.2, 0.25) is 0 Å². The lowest BCUT2D eigenvalue weighted by atomic mass is 10.2. The zero-order valence-corrected chi connectivity index (χ0v) is 16.3. The van der Waals surface area contributed by atoms with Crippen molar-refractivity contribution in [3.63, 3.8) is 0 Å².